The number of carbonyl (C=O) groups is 1. The van der Waals surface area contributed by atoms with E-state index in [0.29, 0.717) is 5.56 Å². The van der Waals surface area contributed by atoms with Crippen molar-refractivity contribution >= 4 is 5.91 Å². The molecule has 3 N–H and O–H groups in total. The van der Waals surface area contributed by atoms with Crippen molar-refractivity contribution in [1.29, 1.82) is 0 Å². The van der Waals surface area contributed by atoms with Gasteiger partial charge in [-0.05, 0) is 66.5 Å². The molecule has 1 aliphatic carbocycles. The van der Waals surface area contributed by atoms with Crippen LogP contribution in [0.5, 0.6) is 0 Å². The topological polar surface area (TPSA) is 70.6 Å². The van der Waals surface area contributed by atoms with Gasteiger partial charge in [0.2, 0.25) is 5.91 Å². The number of aryl methyl sites for hydroxylation is 2. The molecule has 3 atom stereocenters. The third-order valence-corrected chi connectivity index (χ3v) is 5.97. The average molecular weight is 447 g/mol. The highest BCUT2D eigenvalue weighted by Gasteiger charge is 2.25. The van der Waals surface area contributed by atoms with Gasteiger partial charge in [0.05, 0.1) is 12.1 Å². The molecule has 0 bridgehead atoms. The number of aliphatic hydroxyl groups is 1. The summed E-state index contributed by atoms with van der Waals surface area (Å²) in [5, 5.41) is 17.1. The minimum Gasteiger partial charge on any atom is -0.390 e. The number of rotatable bonds is 10. The summed E-state index contributed by atoms with van der Waals surface area (Å²) in [6, 6.07) is 9.18. The molecule has 0 fully saturated rings. The fourth-order valence-electron chi connectivity index (χ4n) is 4.33. The summed E-state index contributed by atoms with van der Waals surface area (Å²) < 4.78 is 32.1. The summed E-state index contributed by atoms with van der Waals surface area (Å²) in [6.07, 6.45) is 3.16. The first-order chi connectivity index (χ1) is 15.4. The van der Waals surface area contributed by atoms with Crippen LogP contribution in [0, 0.1) is 11.6 Å². The Morgan fingerprint density at radius 3 is 2.62 bits per heavy atom. The molecule has 5 nitrogen and oxygen atoms in total. The Morgan fingerprint density at radius 2 is 1.94 bits per heavy atom. The number of hydrogen-bond donors (Lipinski definition) is 3. The molecule has 0 aliphatic heterocycles. The van der Waals surface area contributed by atoms with Gasteiger partial charge in [0.25, 0.3) is 0 Å². The van der Waals surface area contributed by atoms with Gasteiger partial charge in [0.15, 0.2) is 0 Å². The van der Waals surface area contributed by atoms with Gasteiger partial charge in [0, 0.05) is 25.8 Å². The lowest BCUT2D eigenvalue weighted by Crippen LogP contribution is -2.50. The van der Waals surface area contributed by atoms with Crippen molar-refractivity contribution in [3.63, 3.8) is 0 Å². The Morgan fingerprint density at radius 1 is 1.19 bits per heavy atom. The smallest absolute Gasteiger partial charge is 0.246 e. The zero-order valence-electron chi connectivity index (χ0n) is 18.7. The maximum atomic E-state index is 13.6. The zero-order valence-corrected chi connectivity index (χ0v) is 18.7. The molecule has 1 aliphatic rings. The molecule has 0 saturated carbocycles. The van der Waals surface area contributed by atoms with E-state index in [1.807, 2.05) is 0 Å². The lowest BCUT2D eigenvalue weighted by Gasteiger charge is -2.30. The number of ether oxygens (including phenoxy) is 1. The number of halogens is 2. The zero-order chi connectivity index (χ0) is 23.1. The fraction of sp³-hybridized carbons (Fsp3) is 0.480. The molecule has 0 heterocycles. The molecule has 174 valence electrons. The van der Waals surface area contributed by atoms with E-state index in [1.54, 1.807) is 0 Å². The van der Waals surface area contributed by atoms with Crippen LogP contribution in [0.4, 0.5) is 8.78 Å². The second-order valence-corrected chi connectivity index (χ2v) is 8.40. The molecule has 2 aromatic carbocycles. The largest absolute Gasteiger partial charge is 0.390 e. The van der Waals surface area contributed by atoms with Crippen molar-refractivity contribution < 1.29 is 23.4 Å². The lowest BCUT2D eigenvalue weighted by molar-refractivity contribution is -0.126. The Labute approximate surface area is 188 Å². The van der Waals surface area contributed by atoms with Crippen LogP contribution in [-0.4, -0.2) is 43.4 Å². The van der Waals surface area contributed by atoms with Crippen molar-refractivity contribution in [2.24, 2.45) is 0 Å². The second kappa shape index (κ2) is 11.5. The van der Waals surface area contributed by atoms with Crippen LogP contribution in [0.1, 0.15) is 48.1 Å². The number of nitrogens with one attached hydrogen (secondary N) is 2. The Bertz CT molecular complexity index is 902. The van der Waals surface area contributed by atoms with Crippen LogP contribution >= 0.6 is 0 Å². The summed E-state index contributed by atoms with van der Waals surface area (Å²) in [4.78, 5) is 12.1. The molecule has 0 spiro atoms. The van der Waals surface area contributed by atoms with Crippen LogP contribution in [-0.2, 0) is 28.8 Å². The summed E-state index contributed by atoms with van der Waals surface area (Å²) in [7, 11) is 1.40. The van der Waals surface area contributed by atoms with Crippen LogP contribution in [0.15, 0.2) is 36.4 Å². The summed E-state index contributed by atoms with van der Waals surface area (Å²) in [5.74, 6) is -1.79. The van der Waals surface area contributed by atoms with Crippen molar-refractivity contribution in [1.82, 2.24) is 10.6 Å². The highest BCUT2D eigenvalue weighted by atomic mass is 19.1. The summed E-state index contributed by atoms with van der Waals surface area (Å²) >= 11 is 0. The molecule has 0 radical (unpaired) electrons. The van der Waals surface area contributed by atoms with Gasteiger partial charge in [-0.3, -0.25) is 4.79 Å². The Balaban J connectivity index is 1.71. The number of fused-ring (bicyclic) bond motifs is 1. The number of aliphatic hydroxyl groups excluding tert-OH is 1. The van der Waals surface area contributed by atoms with Gasteiger partial charge in [-0.2, -0.15) is 0 Å². The molecule has 3 rings (SSSR count). The van der Waals surface area contributed by atoms with Gasteiger partial charge in [-0.1, -0.05) is 25.1 Å². The molecule has 1 amide bonds. The third-order valence-electron chi connectivity index (χ3n) is 5.97. The minimum absolute atomic E-state index is 0.0915. The second-order valence-electron chi connectivity index (χ2n) is 8.40. The molecule has 1 unspecified atom stereocenters. The average Bonchev–Trinajstić information content (AvgIpc) is 2.76. The number of hydrogen-bond acceptors (Lipinski definition) is 4. The highest BCUT2D eigenvalue weighted by Crippen LogP contribution is 2.30. The van der Waals surface area contributed by atoms with Crippen LogP contribution in [0.2, 0.25) is 0 Å². The molecule has 0 aromatic heterocycles. The van der Waals surface area contributed by atoms with Crippen LogP contribution < -0.4 is 10.6 Å². The van der Waals surface area contributed by atoms with Gasteiger partial charge >= 0.3 is 0 Å². The number of amides is 1. The van der Waals surface area contributed by atoms with Crippen molar-refractivity contribution in [3.05, 3.63) is 70.3 Å². The maximum absolute atomic E-state index is 13.6. The van der Waals surface area contributed by atoms with E-state index < -0.39 is 29.7 Å². The number of carbonyl (C=O) groups excluding carboxylic acids is 1. The van der Waals surface area contributed by atoms with E-state index >= 15 is 0 Å². The first kappa shape index (κ1) is 24.3. The van der Waals surface area contributed by atoms with Gasteiger partial charge in [-0.25, -0.2) is 8.78 Å². The molecule has 2 aromatic rings. The summed E-state index contributed by atoms with van der Waals surface area (Å²) in [5.41, 5.74) is 4.21. The molecule has 0 saturated heterocycles. The molecular weight excluding hydrogens is 414 g/mol. The van der Waals surface area contributed by atoms with E-state index in [2.05, 4.69) is 35.8 Å². The first-order valence-corrected chi connectivity index (χ1v) is 11.2. The maximum Gasteiger partial charge on any atom is 0.246 e. The predicted octanol–water partition coefficient (Wildman–Crippen LogP) is 3.23. The molecule has 7 heteroatoms. The number of methoxy groups -OCH3 is 1. The van der Waals surface area contributed by atoms with Crippen molar-refractivity contribution in [2.75, 3.05) is 20.3 Å². The SMILES string of the molecule is CCc1ccc2c(c1)C(NC[C@@H](O)[C@H](Cc1cc(F)cc(F)c1)NC(=O)COC)CCC2. The summed E-state index contributed by atoms with van der Waals surface area (Å²) in [6.45, 7) is 2.19. The quantitative estimate of drug-likeness (QED) is 0.524. The normalized spacial score (nSPS) is 17.5. The number of benzene rings is 2. The van der Waals surface area contributed by atoms with Crippen molar-refractivity contribution in [3.8, 4) is 0 Å². The Hall–Kier alpha value is -2.35. The highest BCUT2D eigenvalue weighted by molar-refractivity contribution is 5.77. The van der Waals surface area contributed by atoms with Gasteiger partial charge in [0.1, 0.15) is 18.2 Å². The Kier molecular flexibility index (Phi) is 8.73. The van der Waals surface area contributed by atoms with E-state index in [9.17, 15) is 18.7 Å². The monoisotopic (exact) mass is 446 g/mol. The van der Waals surface area contributed by atoms with Gasteiger partial charge in [-0.15, -0.1) is 0 Å². The van der Waals surface area contributed by atoms with Crippen LogP contribution in [0.3, 0.4) is 0 Å². The lowest BCUT2D eigenvalue weighted by atomic mass is 9.86. The molecule has 32 heavy (non-hydrogen) atoms. The van der Waals surface area contributed by atoms with E-state index in [4.69, 9.17) is 4.74 Å². The van der Waals surface area contributed by atoms with E-state index in [1.165, 1.54) is 35.9 Å². The predicted molar refractivity (Wildman–Crippen MR) is 119 cm³/mol. The van der Waals surface area contributed by atoms with Gasteiger partial charge < -0.3 is 20.5 Å². The molecular formula is C25H32F2N2O3. The van der Waals surface area contributed by atoms with Crippen LogP contribution in [0.25, 0.3) is 0 Å². The fourth-order valence-corrected chi connectivity index (χ4v) is 4.33. The van der Waals surface area contributed by atoms with E-state index in [-0.39, 0.29) is 25.6 Å². The first-order valence-electron chi connectivity index (χ1n) is 11.2. The standard InChI is InChI=1S/C25H32F2N2O3/c1-3-16-7-8-18-5-4-6-22(21(18)11-16)28-14-24(30)23(29-25(31)15-32-2)12-17-9-19(26)13-20(27)10-17/h7-11,13,22-24,28,30H,3-6,12,14-15H2,1-2H3,(H,29,31)/t22?,23-,24+/m0/s1. The third kappa shape index (κ3) is 6.58. The van der Waals surface area contributed by atoms with E-state index in [0.717, 1.165) is 31.7 Å². The van der Waals surface area contributed by atoms with Crippen molar-refractivity contribution in [2.45, 2.75) is 57.2 Å². The minimum atomic E-state index is -0.957.